The van der Waals surface area contributed by atoms with Gasteiger partial charge in [0.2, 0.25) is 10.0 Å². The van der Waals surface area contributed by atoms with Gasteiger partial charge in [0.25, 0.3) is 0 Å². The molecule has 1 fully saturated rings. The third-order valence-electron chi connectivity index (χ3n) is 3.28. The van der Waals surface area contributed by atoms with Gasteiger partial charge in [0.15, 0.2) is 0 Å². The second-order valence-electron chi connectivity index (χ2n) is 4.62. The summed E-state index contributed by atoms with van der Waals surface area (Å²) in [5, 5.41) is 0.209. The molecule has 1 unspecified atom stereocenters. The van der Waals surface area contributed by atoms with Crippen LogP contribution in [0.25, 0.3) is 0 Å². The van der Waals surface area contributed by atoms with Gasteiger partial charge in [0.05, 0.1) is 4.90 Å². The fourth-order valence-corrected chi connectivity index (χ4v) is 4.14. The van der Waals surface area contributed by atoms with Crippen molar-refractivity contribution in [2.75, 3.05) is 13.1 Å². The third kappa shape index (κ3) is 2.84. The summed E-state index contributed by atoms with van der Waals surface area (Å²) >= 11 is 5.74. The predicted octanol–water partition coefficient (Wildman–Crippen LogP) is 2.55. The van der Waals surface area contributed by atoms with Gasteiger partial charge >= 0.3 is 0 Å². The molecule has 0 aliphatic carbocycles. The zero-order chi connectivity index (χ0) is 13.2. The predicted molar refractivity (Wildman–Crippen MR) is 71.0 cm³/mol. The number of sulfonamides is 1. The largest absolute Gasteiger partial charge is 0.244 e. The average molecular weight is 289 g/mol. The fraction of sp³-hybridized carbons (Fsp3) is 0.583. The van der Waals surface area contributed by atoms with Gasteiger partial charge in [-0.2, -0.15) is 4.31 Å². The summed E-state index contributed by atoms with van der Waals surface area (Å²) in [6.45, 7) is 3.35. The van der Waals surface area contributed by atoms with Crippen LogP contribution in [0.4, 0.5) is 0 Å². The van der Waals surface area contributed by atoms with E-state index in [0.717, 1.165) is 19.3 Å². The molecule has 0 amide bonds. The van der Waals surface area contributed by atoms with E-state index in [9.17, 15) is 8.42 Å². The highest BCUT2D eigenvalue weighted by molar-refractivity contribution is 7.89. The Labute approximate surface area is 113 Å². The fourth-order valence-electron chi connectivity index (χ4n) is 2.35. The van der Waals surface area contributed by atoms with Gasteiger partial charge in [-0.3, -0.25) is 0 Å². The van der Waals surface area contributed by atoms with Crippen molar-refractivity contribution in [1.29, 1.82) is 0 Å². The van der Waals surface area contributed by atoms with E-state index in [1.54, 1.807) is 4.31 Å². The first-order valence-electron chi connectivity index (χ1n) is 6.15. The lowest BCUT2D eigenvalue weighted by Crippen LogP contribution is -2.28. The van der Waals surface area contributed by atoms with Gasteiger partial charge in [-0.25, -0.2) is 13.4 Å². The molecule has 6 heteroatoms. The highest BCUT2D eigenvalue weighted by atomic mass is 35.5. The molecule has 0 spiro atoms. The molecular weight excluding hydrogens is 272 g/mol. The van der Waals surface area contributed by atoms with Crippen molar-refractivity contribution >= 4 is 21.6 Å². The zero-order valence-electron chi connectivity index (χ0n) is 10.3. The topological polar surface area (TPSA) is 50.3 Å². The standard InChI is InChI=1S/C12H17ClN2O2S/c1-2-3-10-5-7-15(9-10)18(16,17)11-4-6-14-12(13)8-11/h4,6,8,10H,2-3,5,7,9H2,1H3. The monoisotopic (exact) mass is 288 g/mol. The first-order chi connectivity index (χ1) is 8.54. The van der Waals surface area contributed by atoms with Crippen LogP contribution in [0.2, 0.25) is 5.15 Å². The maximum atomic E-state index is 12.4. The van der Waals surface area contributed by atoms with E-state index in [1.165, 1.54) is 18.3 Å². The van der Waals surface area contributed by atoms with Crippen molar-refractivity contribution in [2.24, 2.45) is 5.92 Å². The molecule has 2 heterocycles. The van der Waals surface area contributed by atoms with Crippen LogP contribution in [0.15, 0.2) is 23.2 Å². The molecule has 1 saturated heterocycles. The van der Waals surface area contributed by atoms with Crippen molar-refractivity contribution in [2.45, 2.75) is 31.1 Å². The number of hydrogen-bond acceptors (Lipinski definition) is 3. The molecule has 1 aromatic rings. The van der Waals surface area contributed by atoms with Gasteiger partial charge in [0, 0.05) is 19.3 Å². The molecule has 0 saturated carbocycles. The Morgan fingerprint density at radius 3 is 3.00 bits per heavy atom. The van der Waals surface area contributed by atoms with Crippen molar-refractivity contribution in [3.8, 4) is 0 Å². The lowest BCUT2D eigenvalue weighted by molar-refractivity contribution is 0.444. The van der Waals surface area contributed by atoms with Crippen LogP contribution >= 0.6 is 11.6 Å². The lowest BCUT2D eigenvalue weighted by Gasteiger charge is -2.16. The van der Waals surface area contributed by atoms with Crippen LogP contribution < -0.4 is 0 Å². The second-order valence-corrected chi connectivity index (χ2v) is 6.95. The number of rotatable bonds is 4. The zero-order valence-corrected chi connectivity index (χ0v) is 11.9. The maximum Gasteiger partial charge on any atom is 0.243 e. The normalized spacial score (nSPS) is 21.3. The summed E-state index contributed by atoms with van der Waals surface area (Å²) in [6, 6.07) is 2.90. The molecule has 4 nitrogen and oxygen atoms in total. The molecule has 18 heavy (non-hydrogen) atoms. The Bertz CT molecular complexity index is 519. The number of aromatic nitrogens is 1. The van der Waals surface area contributed by atoms with Crippen molar-refractivity contribution < 1.29 is 8.42 Å². The quantitative estimate of drug-likeness (QED) is 0.800. The first-order valence-corrected chi connectivity index (χ1v) is 7.97. The van der Waals surface area contributed by atoms with E-state index in [-0.39, 0.29) is 10.0 Å². The van der Waals surface area contributed by atoms with E-state index in [4.69, 9.17) is 11.6 Å². The van der Waals surface area contributed by atoms with Crippen LogP contribution in [0, 0.1) is 5.92 Å². The van der Waals surface area contributed by atoms with Crippen LogP contribution in [-0.4, -0.2) is 30.8 Å². The van der Waals surface area contributed by atoms with E-state index < -0.39 is 10.0 Å². The van der Waals surface area contributed by atoms with Gasteiger partial charge < -0.3 is 0 Å². The second kappa shape index (κ2) is 5.55. The minimum atomic E-state index is -3.40. The smallest absolute Gasteiger partial charge is 0.243 e. The van der Waals surface area contributed by atoms with Crippen molar-refractivity contribution in [1.82, 2.24) is 9.29 Å². The molecule has 0 radical (unpaired) electrons. The number of pyridine rings is 1. The van der Waals surface area contributed by atoms with E-state index in [2.05, 4.69) is 11.9 Å². The SMILES string of the molecule is CCCC1CCN(S(=O)(=O)c2ccnc(Cl)c2)C1. The highest BCUT2D eigenvalue weighted by Crippen LogP contribution is 2.27. The van der Waals surface area contributed by atoms with Crippen LogP contribution in [0.3, 0.4) is 0 Å². The van der Waals surface area contributed by atoms with E-state index in [1.807, 2.05) is 0 Å². The molecule has 1 aliphatic heterocycles. The summed E-state index contributed by atoms with van der Waals surface area (Å²) in [4.78, 5) is 4.04. The molecular formula is C12H17ClN2O2S. The third-order valence-corrected chi connectivity index (χ3v) is 5.35. The molecule has 100 valence electrons. The maximum absolute atomic E-state index is 12.4. The van der Waals surface area contributed by atoms with Crippen LogP contribution in [0.5, 0.6) is 0 Å². The Morgan fingerprint density at radius 1 is 1.56 bits per heavy atom. The molecule has 0 N–H and O–H groups in total. The first kappa shape index (κ1) is 13.8. The molecule has 0 bridgehead atoms. The molecule has 0 aromatic carbocycles. The van der Waals surface area contributed by atoms with E-state index in [0.29, 0.717) is 19.0 Å². The van der Waals surface area contributed by atoms with Gasteiger partial charge in [-0.1, -0.05) is 24.9 Å². The average Bonchev–Trinajstić information content (AvgIpc) is 2.79. The Morgan fingerprint density at radius 2 is 2.33 bits per heavy atom. The summed E-state index contributed by atoms with van der Waals surface area (Å²) in [7, 11) is -3.40. The summed E-state index contributed by atoms with van der Waals surface area (Å²) < 4.78 is 26.3. The van der Waals surface area contributed by atoms with Gasteiger partial charge in [0.1, 0.15) is 5.15 Å². The summed E-state index contributed by atoms with van der Waals surface area (Å²) in [6.07, 6.45) is 4.56. The minimum absolute atomic E-state index is 0.209. The van der Waals surface area contributed by atoms with Crippen LogP contribution in [-0.2, 0) is 10.0 Å². The van der Waals surface area contributed by atoms with Gasteiger partial charge in [-0.05, 0) is 30.9 Å². The summed E-state index contributed by atoms with van der Waals surface area (Å²) in [5.41, 5.74) is 0. The van der Waals surface area contributed by atoms with Gasteiger partial charge in [-0.15, -0.1) is 0 Å². The van der Waals surface area contributed by atoms with Crippen molar-refractivity contribution in [3.63, 3.8) is 0 Å². The Balaban J connectivity index is 2.18. The number of nitrogens with zero attached hydrogens (tertiary/aromatic N) is 2. The van der Waals surface area contributed by atoms with Crippen LogP contribution in [0.1, 0.15) is 26.2 Å². The Hall–Kier alpha value is -0.650. The molecule has 1 atom stereocenters. The lowest BCUT2D eigenvalue weighted by atomic mass is 10.0. The van der Waals surface area contributed by atoms with E-state index >= 15 is 0 Å². The highest BCUT2D eigenvalue weighted by Gasteiger charge is 2.32. The number of halogens is 1. The minimum Gasteiger partial charge on any atom is -0.244 e. The summed E-state index contributed by atoms with van der Waals surface area (Å²) in [5.74, 6) is 0.488. The Kier molecular flexibility index (Phi) is 4.25. The number of hydrogen-bond donors (Lipinski definition) is 0. The molecule has 1 aliphatic rings. The molecule has 1 aromatic heterocycles. The molecule has 2 rings (SSSR count). The van der Waals surface area contributed by atoms with Crippen molar-refractivity contribution in [3.05, 3.63) is 23.5 Å².